The molecular weight excluding hydrogens is 446 g/mol. The van der Waals surface area contributed by atoms with Crippen LogP contribution >= 0.6 is 0 Å². The topological polar surface area (TPSA) is 120 Å². The molecule has 3 aliphatic heterocycles. The number of aryl methyl sites for hydroxylation is 1. The molecule has 1 atom stereocenters. The molecule has 35 heavy (non-hydrogen) atoms. The van der Waals surface area contributed by atoms with E-state index in [1.165, 1.54) is 0 Å². The summed E-state index contributed by atoms with van der Waals surface area (Å²) in [6.45, 7) is 1.52. The Labute approximate surface area is 202 Å². The minimum absolute atomic E-state index is 0.00276. The monoisotopic (exact) mass is 473 g/mol. The molecule has 0 saturated carbocycles. The third kappa shape index (κ3) is 3.41. The van der Waals surface area contributed by atoms with Gasteiger partial charge in [0.1, 0.15) is 12.1 Å². The fourth-order valence-electron chi connectivity index (χ4n) is 6.13. The van der Waals surface area contributed by atoms with E-state index in [0.29, 0.717) is 24.9 Å². The van der Waals surface area contributed by atoms with Crippen molar-refractivity contribution >= 4 is 35.1 Å². The van der Waals surface area contributed by atoms with Crippen molar-refractivity contribution in [1.82, 2.24) is 16.0 Å². The maximum absolute atomic E-state index is 13.5. The van der Waals surface area contributed by atoms with Crippen LogP contribution in [0.15, 0.2) is 42.5 Å². The zero-order valence-electron chi connectivity index (χ0n) is 19.3. The number of urea groups is 1. The number of anilines is 2. The Morgan fingerprint density at radius 2 is 1.80 bits per heavy atom. The summed E-state index contributed by atoms with van der Waals surface area (Å²) in [5, 5.41) is 11.4. The van der Waals surface area contributed by atoms with Gasteiger partial charge < -0.3 is 20.9 Å². The predicted molar refractivity (Wildman–Crippen MR) is 129 cm³/mol. The van der Waals surface area contributed by atoms with Gasteiger partial charge in [0.25, 0.3) is 5.91 Å². The quantitative estimate of drug-likeness (QED) is 0.502. The van der Waals surface area contributed by atoms with Crippen LogP contribution in [0.4, 0.5) is 16.2 Å². The van der Waals surface area contributed by atoms with Crippen LogP contribution in [-0.2, 0) is 32.6 Å². The van der Waals surface area contributed by atoms with Gasteiger partial charge in [-0.15, -0.1) is 0 Å². The van der Waals surface area contributed by atoms with E-state index < -0.39 is 17.0 Å². The number of carbonyl (C=O) groups is 4. The average Bonchev–Trinajstić information content (AvgIpc) is 3.25. The second-order valence-electron chi connectivity index (χ2n) is 9.94. The molecule has 4 aliphatic rings. The van der Waals surface area contributed by atoms with Crippen molar-refractivity contribution in [3.8, 4) is 0 Å². The van der Waals surface area contributed by atoms with Crippen molar-refractivity contribution in [2.45, 2.75) is 43.1 Å². The minimum atomic E-state index is -0.886. The van der Waals surface area contributed by atoms with Gasteiger partial charge in [0.2, 0.25) is 11.8 Å². The smallest absolute Gasteiger partial charge is 0.322 e. The van der Waals surface area contributed by atoms with E-state index in [1.54, 1.807) is 11.0 Å². The Bertz CT molecular complexity index is 1270. The van der Waals surface area contributed by atoms with E-state index >= 15 is 0 Å². The summed E-state index contributed by atoms with van der Waals surface area (Å²) in [6, 6.07) is 13.0. The first kappa shape index (κ1) is 21.8. The lowest BCUT2D eigenvalue weighted by Crippen LogP contribution is -2.51. The average molecular weight is 474 g/mol. The van der Waals surface area contributed by atoms with Gasteiger partial charge in [-0.05, 0) is 73.7 Å². The molecule has 9 nitrogen and oxygen atoms in total. The molecule has 2 fully saturated rings. The van der Waals surface area contributed by atoms with E-state index in [9.17, 15) is 19.2 Å². The molecule has 5 amide bonds. The summed E-state index contributed by atoms with van der Waals surface area (Å²) >= 11 is 0. The number of hydrogen-bond acceptors (Lipinski definition) is 5. The lowest BCUT2D eigenvalue weighted by Gasteiger charge is -2.33. The highest BCUT2D eigenvalue weighted by atomic mass is 16.2. The summed E-state index contributed by atoms with van der Waals surface area (Å²) in [4.78, 5) is 52.1. The Kier molecular flexibility index (Phi) is 4.93. The number of piperidine rings is 1. The van der Waals surface area contributed by atoms with Gasteiger partial charge in [-0.3, -0.25) is 19.7 Å². The normalized spacial score (nSPS) is 24.2. The second kappa shape index (κ2) is 7.91. The Hall–Kier alpha value is -3.72. The van der Waals surface area contributed by atoms with E-state index in [2.05, 4.69) is 21.3 Å². The molecule has 3 heterocycles. The Morgan fingerprint density at radius 3 is 2.57 bits per heavy atom. The van der Waals surface area contributed by atoms with E-state index in [0.717, 1.165) is 48.3 Å². The van der Waals surface area contributed by atoms with Crippen LogP contribution < -0.4 is 26.2 Å². The fourth-order valence-corrected chi connectivity index (χ4v) is 6.13. The van der Waals surface area contributed by atoms with Crippen LogP contribution in [0.1, 0.15) is 36.0 Å². The number of fused-ring (bicyclic) bond motifs is 3. The van der Waals surface area contributed by atoms with Gasteiger partial charge in [0, 0.05) is 17.8 Å². The highest BCUT2D eigenvalue weighted by molar-refractivity contribution is 6.12. The summed E-state index contributed by atoms with van der Waals surface area (Å²) in [5.41, 5.74) is 3.07. The molecule has 6 rings (SSSR count). The molecule has 2 aromatic rings. The van der Waals surface area contributed by atoms with Crippen LogP contribution in [0, 0.1) is 0 Å². The number of nitrogens with zero attached hydrogens (tertiary/aromatic N) is 1. The first-order valence-electron chi connectivity index (χ1n) is 12.1. The standard InChI is InChI=1S/C26H27N5O4/c32-21(15-31-20-4-2-1-3-19(20)25(23(31)34)9-11-27-12-10-25)28-18-6-5-17-14-26(8-7-16(17)13-18)22(33)29-24(35)30-26/h1-6,13,27H,7-12,14-15H2,(H,28,32)(H2,29,30,33,35). The molecule has 2 saturated heterocycles. The number of para-hydroxylation sites is 1. The number of hydrogen-bond donors (Lipinski definition) is 4. The van der Waals surface area contributed by atoms with Gasteiger partial charge in [-0.2, -0.15) is 0 Å². The number of rotatable bonds is 3. The number of amides is 5. The molecule has 1 unspecified atom stereocenters. The molecule has 0 bridgehead atoms. The highest BCUT2D eigenvalue weighted by Gasteiger charge is 2.51. The first-order chi connectivity index (χ1) is 16.9. The lowest BCUT2D eigenvalue weighted by atomic mass is 9.74. The lowest BCUT2D eigenvalue weighted by molar-refractivity contribution is -0.125. The molecule has 4 N–H and O–H groups in total. The predicted octanol–water partition coefficient (Wildman–Crippen LogP) is 1.36. The number of nitrogens with one attached hydrogen (secondary N) is 4. The third-order valence-corrected chi connectivity index (χ3v) is 7.94. The molecule has 2 spiro atoms. The van der Waals surface area contributed by atoms with Gasteiger partial charge in [0.15, 0.2) is 0 Å². The summed E-state index contributed by atoms with van der Waals surface area (Å²) in [5.74, 6) is -0.538. The van der Waals surface area contributed by atoms with Crippen LogP contribution in [0.2, 0.25) is 0 Å². The number of imide groups is 1. The largest absolute Gasteiger partial charge is 0.325 e. The fraction of sp³-hybridized carbons (Fsp3) is 0.385. The van der Waals surface area contributed by atoms with E-state index in [1.807, 2.05) is 36.4 Å². The number of carbonyl (C=O) groups excluding carboxylic acids is 4. The summed E-state index contributed by atoms with van der Waals surface area (Å²) in [7, 11) is 0. The van der Waals surface area contributed by atoms with Crippen LogP contribution in [0.25, 0.3) is 0 Å². The van der Waals surface area contributed by atoms with E-state index in [4.69, 9.17) is 0 Å². The maximum atomic E-state index is 13.5. The van der Waals surface area contributed by atoms with Crippen LogP contribution in [0.5, 0.6) is 0 Å². The molecule has 2 aromatic carbocycles. The van der Waals surface area contributed by atoms with Crippen molar-refractivity contribution in [1.29, 1.82) is 0 Å². The highest BCUT2D eigenvalue weighted by Crippen LogP contribution is 2.46. The first-order valence-corrected chi connectivity index (χ1v) is 12.1. The van der Waals surface area contributed by atoms with Gasteiger partial charge in [-0.1, -0.05) is 24.3 Å². The molecule has 180 valence electrons. The maximum Gasteiger partial charge on any atom is 0.322 e. The third-order valence-electron chi connectivity index (χ3n) is 7.94. The zero-order valence-corrected chi connectivity index (χ0v) is 19.3. The molecular formula is C26H27N5O4. The van der Waals surface area contributed by atoms with Gasteiger partial charge in [0.05, 0.1) is 5.41 Å². The molecule has 1 aliphatic carbocycles. The molecule has 0 aromatic heterocycles. The van der Waals surface area contributed by atoms with Crippen molar-refractivity contribution < 1.29 is 19.2 Å². The van der Waals surface area contributed by atoms with Crippen LogP contribution in [0.3, 0.4) is 0 Å². The number of benzene rings is 2. The van der Waals surface area contributed by atoms with Crippen LogP contribution in [-0.4, -0.2) is 48.9 Å². The zero-order chi connectivity index (χ0) is 24.2. The Balaban J connectivity index is 1.18. The Morgan fingerprint density at radius 1 is 1.00 bits per heavy atom. The van der Waals surface area contributed by atoms with Crippen molar-refractivity contribution in [3.63, 3.8) is 0 Å². The van der Waals surface area contributed by atoms with Crippen molar-refractivity contribution in [3.05, 3.63) is 59.2 Å². The summed E-state index contributed by atoms with van der Waals surface area (Å²) in [6.07, 6.45) is 2.99. The van der Waals surface area contributed by atoms with Gasteiger partial charge in [-0.25, -0.2) is 4.79 Å². The SMILES string of the molecule is O=C(CN1C(=O)C2(CCNCC2)c2ccccc21)Nc1ccc2c(c1)CCC1(C2)NC(=O)NC1=O. The second-order valence-corrected chi connectivity index (χ2v) is 9.94. The minimum Gasteiger partial charge on any atom is -0.325 e. The summed E-state index contributed by atoms with van der Waals surface area (Å²) < 4.78 is 0. The van der Waals surface area contributed by atoms with Gasteiger partial charge >= 0.3 is 6.03 Å². The van der Waals surface area contributed by atoms with Crippen molar-refractivity contribution in [2.24, 2.45) is 0 Å². The molecule has 9 heteroatoms. The van der Waals surface area contributed by atoms with E-state index in [-0.39, 0.29) is 24.3 Å². The van der Waals surface area contributed by atoms with Crippen molar-refractivity contribution in [2.75, 3.05) is 29.9 Å². The molecule has 0 radical (unpaired) electrons.